The molecular formula is C17H25N3O5S. The van der Waals surface area contributed by atoms with Crippen LogP contribution in [0.1, 0.15) is 44.1 Å². The molecule has 144 valence electrons. The maximum atomic E-state index is 13.3. The molecular weight excluding hydrogens is 358 g/mol. The lowest BCUT2D eigenvalue weighted by Crippen LogP contribution is -2.63. The second-order valence-corrected chi connectivity index (χ2v) is 9.70. The van der Waals surface area contributed by atoms with Crippen LogP contribution in [0.25, 0.3) is 0 Å². The van der Waals surface area contributed by atoms with Gasteiger partial charge in [0.15, 0.2) is 5.76 Å². The number of morpholine rings is 1. The summed E-state index contributed by atoms with van der Waals surface area (Å²) in [6, 6.07) is -0.248. The van der Waals surface area contributed by atoms with Gasteiger partial charge < -0.3 is 14.2 Å². The molecule has 1 aromatic heterocycles. The molecule has 3 atom stereocenters. The number of aromatic nitrogens is 1. The number of fused-ring (bicyclic) bond motifs is 2. The molecule has 26 heavy (non-hydrogen) atoms. The van der Waals surface area contributed by atoms with Crippen molar-refractivity contribution in [3.8, 4) is 0 Å². The van der Waals surface area contributed by atoms with Crippen LogP contribution in [-0.2, 0) is 19.6 Å². The summed E-state index contributed by atoms with van der Waals surface area (Å²) in [5.41, 5.74) is -0.0615. The SMILES string of the molecule is Cc1noc(C)c1S(=O)(=O)N1C2CCC1CC1(C2)CN(C)C(=O)C(C)O1. The number of piperidine rings is 1. The fourth-order valence-corrected chi connectivity index (χ4v) is 7.28. The Labute approximate surface area is 153 Å². The number of sulfonamides is 1. The van der Waals surface area contributed by atoms with E-state index >= 15 is 0 Å². The number of carbonyl (C=O) groups is 1. The monoisotopic (exact) mass is 383 g/mol. The van der Waals surface area contributed by atoms with Crippen LogP contribution in [-0.4, -0.2) is 66.1 Å². The van der Waals surface area contributed by atoms with Crippen molar-refractivity contribution in [1.82, 2.24) is 14.4 Å². The van der Waals surface area contributed by atoms with Crippen LogP contribution in [0.3, 0.4) is 0 Å². The van der Waals surface area contributed by atoms with Crippen LogP contribution in [0.15, 0.2) is 9.42 Å². The number of hydrogen-bond acceptors (Lipinski definition) is 6. The van der Waals surface area contributed by atoms with Gasteiger partial charge in [0.25, 0.3) is 5.91 Å². The third-order valence-corrected chi connectivity index (χ3v) is 8.20. The first-order chi connectivity index (χ1) is 12.1. The van der Waals surface area contributed by atoms with E-state index < -0.39 is 21.7 Å². The van der Waals surface area contributed by atoms with Gasteiger partial charge in [0.2, 0.25) is 10.0 Å². The number of likely N-dealkylation sites (N-methyl/N-ethyl adjacent to an activating group) is 1. The highest BCUT2D eigenvalue weighted by Crippen LogP contribution is 2.47. The quantitative estimate of drug-likeness (QED) is 0.762. The van der Waals surface area contributed by atoms with Gasteiger partial charge in [-0.15, -0.1) is 0 Å². The van der Waals surface area contributed by atoms with Crippen LogP contribution in [0, 0.1) is 13.8 Å². The molecule has 4 heterocycles. The average molecular weight is 383 g/mol. The summed E-state index contributed by atoms with van der Waals surface area (Å²) in [4.78, 5) is 14.0. The molecule has 9 heteroatoms. The lowest BCUT2D eigenvalue weighted by atomic mass is 9.85. The number of nitrogens with zero attached hydrogens (tertiary/aromatic N) is 3. The van der Waals surface area contributed by atoms with Gasteiger partial charge in [-0.2, -0.15) is 4.31 Å². The Bertz CT molecular complexity index is 799. The molecule has 1 aromatic rings. The summed E-state index contributed by atoms with van der Waals surface area (Å²) >= 11 is 0. The standard InChI is InChI=1S/C17H25N3O5S/c1-10-15(11(2)25-18-10)26(22,23)20-13-5-6-14(20)8-17(7-13)9-19(4)16(21)12(3)24-17/h12-14H,5-9H2,1-4H3. The number of rotatable bonds is 2. The van der Waals surface area contributed by atoms with Crippen LogP contribution >= 0.6 is 0 Å². The first-order valence-corrected chi connectivity index (χ1v) is 10.5. The van der Waals surface area contributed by atoms with E-state index in [1.54, 1.807) is 37.0 Å². The first-order valence-electron chi connectivity index (χ1n) is 9.04. The number of hydrogen-bond donors (Lipinski definition) is 0. The van der Waals surface area contributed by atoms with Gasteiger partial charge >= 0.3 is 0 Å². The Hall–Kier alpha value is -1.45. The van der Waals surface area contributed by atoms with E-state index in [2.05, 4.69) is 5.16 Å². The molecule has 0 aromatic carbocycles. The second-order valence-electron chi connectivity index (χ2n) is 7.92. The Morgan fingerprint density at radius 1 is 1.19 bits per heavy atom. The number of aryl methyl sites for hydroxylation is 2. The largest absolute Gasteiger partial charge is 0.360 e. The molecule has 0 aliphatic carbocycles. The fraction of sp³-hybridized carbons (Fsp3) is 0.765. The zero-order valence-electron chi connectivity index (χ0n) is 15.6. The number of ether oxygens (including phenoxy) is 1. The molecule has 0 radical (unpaired) electrons. The van der Waals surface area contributed by atoms with Gasteiger partial charge in [-0.1, -0.05) is 5.16 Å². The highest BCUT2D eigenvalue weighted by molar-refractivity contribution is 7.89. The van der Waals surface area contributed by atoms with E-state index in [0.29, 0.717) is 30.8 Å². The van der Waals surface area contributed by atoms with Crippen molar-refractivity contribution >= 4 is 15.9 Å². The summed E-state index contributed by atoms with van der Waals surface area (Å²) in [5.74, 6) is 0.309. The van der Waals surface area contributed by atoms with Crippen molar-refractivity contribution in [2.75, 3.05) is 13.6 Å². The summed E-state index contributed by atoms with van der Waals surface area (Å²) in [6.07, 6.45) is 2.34. The first kappa shape index (κ1) is 17.9. The molecule has 3 unspecified atom stereocenters. The van der Waals surface area contributed by atoms with Crippen molar-refractivity contribution in [2.45, 2.75) is 75.1 Å². The lowest BCUT2D eigenvalue weighted by molar-refractivity contribution is -0.189. The van der Waals surface area contributed by atoms with Crippen molar-refractivity contribution in [3.63, 3.8) is 0 Å². The normalized spacial score (nSPS) is 35.5. The van der Waals surface area contributed by atoms with Gasteiger partial charge in [0, 0.05) is 25.7 Å². The molecule has 0 saturated carbocycles. The highest BCUT2D eigenvalue weighted by Gasteiger charge is 2.56. The summed E-state index contributed by atoms with van der Waals surface area (Å²) in [6.45, 7) is 5.58. The van der Waals surface area contributed by atoms with Crippen molar-refractivity contribution in [2.24, 2.45) is 0 Å². The van der Waals surface area contributed by atoms with Crippen LogP contribution < -0.4 is 0 Å². The third kappa shape index (κ3) is 2.51. The minimum atomic E-state index is -3.67. The molecule has 3 aliphatic heterocycles. The van der Waals surface area contributed by atoms with E-state index in [0.717, 1.165) is 12.8 Å². The van der Waals surface area contributed by atoms with Crippen LogP contribution in [0.2, 0.25) is 0 Å². The summed E-state index contributed by atoms with van der Waals surface area (Å²) < 4.78 is 39.5. The third-order valence-electron chi connectivity index (χ3n) is 5.95. The Morgan fingerprint density at radius 3 is 2.31 bits per heavy atom. The van der Waals surface area contributed by atoms with Gasteiger partial charge in [-0.25, -0.2) is 8.42 Å². The van der Waals surface area contributed by atoms with E-state index in [-0.39, 0.29) is 22.9 Å². The average Bonchev–Trinajstić information content (AvgIpc) is 3.03. The smallest absolute Gasteiger partial charge is 0.251 e. The molecule has 1 spiro atoms. The van der Waals surface area contributed by atoms with Gasteiger partial charge in [0.05, 0.1) is 5.60 Å². The molecule has 4 rings (SSSR count). The minimum absolute atomic E-state index is 0.0197. The second kappa shape index (κ2) is 5.77. The van der Waals surface area contributed by atoms with Crippen molar-refractivity contribution in [1.29, 1.82) is 0 Å². The topological polar surface area (TPSA) is 93.0 Å². The van der Waals surface area contributed by atoms with E-state index in [1.165, 1.54) is 0 Å². The molecule has 1 amide bonds. The zero-order valence-corrected chi connectivity index (χ0v) is 16.4. The molecule has 3 fully saturated rings. The summed E-state index contributed by atoms with van der Waals surface area (Å²) in [7, 11) is -1.88. The fourth-order valence-electron chi connectivity index (χ4n) is 5.11. The Morgan fingerprint density at radius 2 is 1.81 bits per heavy atom. The zero-order chi connectivity index (χ0) is 18.9. The van der Waals surface area contributed by atoms with Crippen molar-refractivity contribution < 1.29 is 22.5 Å². The number of carbonyl (C=O) groups excluding carboxylic acids is 1. The summed E-state index contributed by atoms with van der Waals surface area (Å²) in [5, 5.41) is 3.81. The Balaban J connectivity index is 1.65. The van der Waals surface area contributed by atoms with E-state index in [1.807, 2.05) is 0 Å². The molecule has 0 N–H and O–H groups in total. The van der Waals surface area contributed by atoms with Gasteiger partial charge in [-0.05, 0) is 46.5 Å². The molecule has 3 saturated heterocycles. The van der Waals surface area contributed by atoms with Crippen molar-refractivity contribution in [3.05, 3.63) is 11.5 Å². The van der Waals surface area contributed by atoms with E-state index in [4.69, 9.17) is 9.26 Å². The van der Waals surface area contributed by atoms with Gasteiger partial charge in [0.1, 0.15) is 16.7 Å². The Kier molecular flexibility index (Phi) is 3.98. The lowest BCUT2D eigenvalue weighted by Gasteiger charge is -2.50. The molecule has 3 aliphatic rings. The highest BCUT2D eigenvalue weighted by atomic mass is 32.2. The van der Waals surface area contributed by atoms with E-state index in [9.17, 15) is 13.2 Å². The van der Waals surface area contributed by atoms with Crippen LogP contribution in [0.5, 0.6) is 0 Å². The van der Waals surface area contributed by atoms with Crippen LogP contribution in [0.4, 0.5) is 0 Å². The molecule has 2 bridgehead atoms. The maximum Gasteiger partial charge on any atom is 0.251 e. The number of amides is 1. The predicted molar refractivity (Wildman–Crippen MR) is 92.0 cm³/mol. The molecule has 8 nitrogen and oxygen atoms in total. The minimum Gasteiger partial charge on any atom is -0.360 e. The van der Waals surface area contributed by atoms with Gasteiger partial charge in [-0.3, -0.25) is 4.79 Å². The maximum absolute atomic E-state index is 13.3. The predicted octanol–water partition coefficient (Wildman–Crippen LogP) is 1.22.